The SMILES string of the molecule is CC.COCCOc1cccc2c1ccn2C. The standard InChI is InChI=1S/C12H15NO2.C2H6/c1-13-7-6-10-11(13)4-3-5-12(10)15-9-8-14-2;1-2/h3-7H,8-9H2,1-2H3;1-2H3. The minimum Gasteiger partial charge on any atom is -0.490 e. The normalized spacial score (nSPS) is 9.88. The molecule has 1 aromatic heterocycles. The highest BCUT2D eigenvalue weighted by Gasteiger charge is 2.03. The van der Waals surface area contributed by atoms with Gasteiger partial charge < -0.3 is 14.0 Å². The van der Waals surface area contributed by atoms with Crippen LogP contribution in [0.4, 0.5) is 0 Å². The van der Waals surface area contributed by atoms with E-state index in [1.165, 1.54) is 5.52 Å². The summed E-state index contributed by atoms with van der Waals surface area (Å²) < 4.78 is 12.7. The summed E-state index contributed by atoms with van der Waals surface area (Å²) in [6.07, 6.45) is 2.04. The van der Waals surface area contributed by atoms with Gasteiger partial charge in [-0.05, 0) is 18.2 Å². The van der Waals surface area contributed by atoms with Crippen molar-refractivity contribution in [2.75, 3.05) is 20.3 Å². The van der Waals surface area contributed by atoms with Gasteiger partial charge in [0.2, 0.25) is 0 Å². The van der Waals surface area contributed by atoms with Crippen molar-refractivity contribution in [1.29, 1.82) is 0 Å². The second-order valence-electron chi connectivity index (χ2n) is 3.46. The lowest BCUT2D eigenvalue weighted by Gasteiger charge is -2.06. The number of hydrogen-bond acceptors (Lipinski definition) is 2. The molecule has 3 nitrogen and oxygen atoms in total. The van der Waals surface area contributed by atoms with Crippen LogP contribution in [0.3, 0.4) is 0 Å². The predicted molar refractivity (Wildman–Crippen MR) is 71.6 cm³/mol. The summed E-state index contributed by atoms with van der Waals surface area (Å²) in [6, 6.07) is 8.14. The van der Waals surface area contributed by atoms with Crippen LogP contribution >= 0.6 is 0 Å². The van der Waals surface area contributed by atoms with Crippen molar-refractivity contribution in [2.45, 2.75) is 13.8 Å². The topological polar surface area (TPSA) is 23.4 Å². The number of hydrogen-bond donors (Lipinski definition) is 0. The third-order valence-corrected chi connectivity index (χ3v) is 2.43. The molecule has 0 saturated heterocycles. The average Bonchev–Trinajstić information content (AvgIpc) is 2.75. The molecule has 0 fully saturated rings. The first-order valence-corrected chi connectivity index (χ1v) is 5.98. The first kappa shape index (κ1) is 13.6. The Morgan fingerprint density at radius 3 is 2.59 bits per heavy atom. The first-order chi connectivity index (χ1) is 8.33. The van der Waals surface area contributed by atoms with E-state index in [9.17, 15) is 0 Å². The Labute approximate surface area is 103 Å². The molecule has 1 heterocycles. The van der Waals surface area contributed by atoms with Gasteiger partial charge in [0, 0.05) is 25.7 Å². The predicted octanol–water partition coefficient (Wildman–Crippen LogP) is 3.23. The molecule has 0 aliphatic rings. The Hall–Kier alpha value is -1.48. The third-order valence-electron chi connectivity index (χ3n) is 2.43. The molecule has 0 aliphatic heterocycles. The molecule has 0 atom stereocenters. The molecule has 0 unspecified atom stereocenters. The van der Waals surface area contributed by atoms with Crippen LogP contribution in [-0.2, 0) is 11.8 Å². The molecule has 0 aliphatic carbocycles. The summed E-state index contributed by atoms with van der Waals surface area (Å²) in [5, 5.41) is 1.15. The van der Waals surface area contributed by atoms with Crippen LogP contribution in [0.5, 0.6) is 5.75 Å². The lowest BCUT2D eigenvalue weighted by molar-refractivity contribution is 0.147. The average molecular weight is 235 g/mol. The smallest absolute Gasteiger partial charge is 0.128 e. The van der Waals surface area contributed by atoms with Gasteiger partial charge in [0.25, 0.3) is 0 Å². The van der Waals surface area contributed by atoms with Crippen LogP contribution in [0, 0.1) is 0 Å². The van der Waals surface area contributed by atoms with E-state index < -0.39 is 0 Å². The van der Waals surface area contributed by atoms with E-state index in [1.807, 2.05) is 39.2 Å². The van der Waals surface area contributed by atoms with E-state index in [1.54, 1.807) is 7.11 Å². The van der Waals surface area contributed by atoms with Gasteiger partial charge in [-0.25, -0.2) is 0 Å². The number of fused-ring (bicyclic) bond motifs is 1. The summed E-state index contributed by atoms with van der Waals surface area (Å²) in [4.78, 5) is 0. The van der Waals surface area contributed by atoms with Gasteiger partial charge >= 0.3 is 0 Å². The number of benzene rings is 1. The van der Waals surface area contributed by atoms with E-state index in [-0.39, 0.29) is 0 Å². The molecule has 0 N–H and O–H groups in total. The number of nitrogens with zero attached hydrogens (tertiary/aromatic N) is 1. The van der Waals surface area contributed by atoms with Crippen LogP contribution in [0.15, 0.2) is 30.5 Å². The Morgan fingerprint density at radius 1 is 1.12 bits per heavy atom. The molecule has 2 aromatic rings. The van der Waals surface area contributed by atoms with Crippen molar-refractivity contribution in [2.24, 2.45) is 7.05 Å². The lowest BCUT2D eigenvalue weighted by atomic mass is 10.2. The van der Waals surface area contributed by atoms with Crippen molar-refractivity contribution in [1.82, 2.24) is 4.57 Å². The Balaban J connectivity index is 0.000000686. The van der Waals surface area contributed by atoms with Crippen molar-refractivity contribution in [3.63, 3.8) is 0 Å². The minimum absolute atomic E-state index is 0.588. The quantitative estimate of drug-likeness (QED) is 0.759. The number of ether oxygens (including phenoxy) is 2. The Morgan fingerprint density at radius 2 is 1.88 bits per heavy atom. The molecule has 94 valence electrons. The molecular weight excluding hydrogens is 214 g/mol. The number of methoxy groups -OCH3 is 1. The maximum absolute atomic E-state index is 5.63. The van der Waals surface area contributed by atoms with Crippen LogP contribution in [0.2, 0.25) is 0 Å². The van der Waals surface area contributed by atoms with Crippen LogP contribution in [0.25, 0.3) is 10.9 Å². The third kappa shape index (κ3) is 3.24. The molecule has 3 heteroatoms. The summed E-state index contributed by atoms with van der Waals surface area (Å²) >= 11 is 0. The van der Waals surface area contributed by atoms with Gasteiger partial charge in [-0.2, -0.15) is 0 Å². The van der Waals surface area contributed by atoms with E-state index in [0.29, 0.717) is 13.2 Å². The van der Waals surface area contributed by atoms with Crippen LogP contribution in [0.1, 0.15) is 13.8 Å². The maximum Gasteiger partial charge on any atom is 0.128 e. The molecule has 2 rings (SSSR count). The molecule has 0 amide bonds. The van der Waals surface area contributed by atoms with Gasteiger partial charge in [-0.3, -0.25) is 0 Å². The van der Waals surface area contributed by atoms with Crippen molar-refractivity contribution < 1.29 is 9.47 Å². The van der Waals surface area contributed by atoms with E-state index >= 15 is 0 Å². The molecule has 1 aromatic carbocycles. The van der Waals surface area contributed by atoms with Crippen LogP contribution in [-0.4, -0.2) is 24.9 Å². The molecule has 17 heavy (non-hydrogen) atoms. The summed E-state index contributed by atoms with van der Waals surface area (Å²) in [6.45, 7) is 5.20. The molecule has 0 saturated carbocycles. The van der Waals surface area contributed by atoms with E-state index in [2.05, 4.69) is 16.7 Å². The number of rotatable bonds is 4. The summed E-state index contributed by atoms with van der Waals surface area (Å²) in [5.74, 6) is 0.921. The minimum atomic E-state index is 0.588. The fourth-order valence-electron chi connectivity index (χ4n) is 1.63. The zero-order valence-corrected chi connectivity index (χ0v) is 11.1. The Bertz CT molecular complexity index is 448. The van der Waals surface area contributed by atoms with E-state index in [4.69, 9.17) is 9.47 Å². The van der Waals surface area contributed by atoms with Crippen molar-refractivity contribution in [3.8, 4) is 5.75 Å². The Kier molecular flexibility index (Phi) is 5.57. The fraction of sp³-hybridized carbons (Fsp3) is 0.429. The first-order valence-electron chi connectivity index (χ1n) is 5.98. The second-order valence-corrected chi connectivity index (χ2v) is 3.46. The van der Waals surface area contributed by atoms with Crippen LogP contribution < -0.4 is 4.74 Å². The highest BCUT2D eigenvalue weighted by atomic mass is 16.5. The monoisotopic (exact) mass is 235 g/mol. The fourth-order valence-corrected chi connectivity index (χ4v) is 1.63. The highest BCUT2D eigenvalue weighted by Crippen LogP contribution is 2.25. The second kappa shape index (κ2) is 6.97. The van der Waals surface area contributed by atoms with E-state index in [0.717, 1.165) is 11.1 Å². The zero-order chi connectivity index (χ0) is 12.7. The van der Waals surface area contributed by atoms with Gasteiger partial charge in [0.05, 0.1) is 12.1 Å². The van der Waals surface area contributed by atoms with Crippen molar-refractivity contribution >= 4 is 10.9 Å². The number of aromatic nitrogens is 1. The maximum atomic E-state index is 5.63. The molecule has 0 radical (unpaired) electrons. The molecular formula is C14H21NO2. The van der Waals surface area contributed by atoms with Gasteiger partial charge in [-0.15, -0.1) is 0 Å². The van der Waals surface area contributed by atoms with Crippen molar-refractivity contribution in [3.05, 3.63) is 30.5 Å². The van der Waals surface area contributed by atoms with Gasteiger partial charge in [-0.1, -0.05) is 19.9 Å². The van der Waals surface area contributed by atoms with Gasteiger partial charge in [0.1, 0.15) is 12.4 Å². The van der Waals surface area contributed by atoms with Gasteiger partial charge in [0.15, 0.2) is 0 Å². The zero-order valence-electron chi connectivity index (χ0n) is 11.1. The molecule has 0 bridgehead atoms. The number of aryl methyl sites for hydroxylation is 1. The highest BCUT2D eigenvalue weighted by molar-refractivity contribution is 5.86. The largest absolute Gasteiger partial charge is 0.490 e. The lowest BCUT2D eigenvalue weighted by Crippen LogP contribution is -2.04. The molecule has 0 spiro atoms. The summed E-state index contributed by atoms with van der Waals surface area (Å²) in [5.41, 5.74) is 1.19. The summed E-state index contributed by atoms with van der Waals surface area (Å²) in [7, 11) is 3.70.